The molecule has 0 spiro atoms. The lowest BCUT2D eigenvalue weighted by molar-refractivity contribution is -0.160. The molecule has 1 aliphatic heterocycles. The van der Waals surface area contributed by atoms with Crippen molar-refractivity contribution in [3.63, 3.8) is 0 Å². The number of sulfonamides is 1. The molecular weight excluding hydrogens is 581 g/mol. The summed E-state index contributed by atoms with van der Waals surface area (Å²) >= 11 is 2.06. The third-order valence-corrected chi connectivity index (χ3v) is 9.83. The van der Waals surface area contributed by atoms with Gasteiger partial charge in [-0.15, -0.1) is 4.40 Å². The van der Waals surface area contributed by atoms with E-state index in [4.69, 9.17) is 4.74 Å². The van der Waals surface area contributed by atoms with Crippen LogP contribution in [0.15, 0.2) is 27.5 Å². The van der Waals surface area contributed by atoms with Crippen LogP contribution >= 0.6 is 22.6 Å². The fraction of sp³-hybridized carbons (Fsp3) is 0.640. The minimum absolute atomic E-state index is 0.109. The van der Waals surface area contributed by atoms with E-state index in [-0.39, 0.29) is 46.8 Å². The fourth-order valence-electron chi connectivity index (χ4n) is 6.15. The van der Waals surface area contributed by atoms with Crippen LogP contribution in [-0.2, 0) is 24.3 Å². The zero-order valence-corrected chi connectivity index (χ0v) is 23.7. The molecule has 10 heteroatoms. The first-order chi connectivity index (χ1) is 16.5. The SMILES string of the molecule is CCOC(=O)C1[C@H]2CC[C@H](C2)[C@]1(C)N(CCC(C)C)C(=O)CC1=NS(=O)(=O)c2cc(I)ccc2N1. The van der Waals surface area contributed by atoms with Crippen LogP contribution in [0.3, 0.4) is 0 Å². The average molecular weight is 616 g/mol. The van der Waals surface area contributed by atoms with Crippen molar-refractivity contribution >= 4 is 56.0 Å². The largest absolute Gasteiger partial charge is 0.466 e. The fourth-order valence-corrected chi connectivity index (χ4v) is 8.03. The highest BCUT2D eigenvalue weighted by atomic mass is 127. The summed E-state index contributed by atoms with van der Waals surface area (Å²) in [7, 11) is -3.91. The predicted octanol–water partition coefficient (Wildman–Crippen LogP) is 4.44. The normalized spacial score (nSPS) is 28.3. The third-order valence-electron chi connectivity index (χ3n) is 7.80. The van der Waals surface area contributed by atoms with Crippen molar-refractivity contribution < 1.29 is 22.7 Å². The second-order valence-corrected chi connectivity index (χ2v) is 13.2. The van der Waals surface area contributed by atoms with Crippen molar-refractivity contribution in [3.8, 4) is 0 Å². The van der Waals surface area contributed by atoms with Crippen molar-refractivity contribution in [2.75, 3.05) is 18.5 Å². The number of ether oxygens (including phenoxy) is 1. The summed E-state index contributed by atoms with van der Waals surface area (Å²) in [4.78, 5) is 28.9. The number of halogens is 1. The average Bonchev–Trinajstić information content (AvgIpc) is 3.34. The molecule has 2 fully saturated rings. The van der Waals surface area contributed by atoms with Crippen LogP contribution in [0, 0.1) is 27.2 Å². The third kappa shape index (κ3) is 4.97. The number of nitrogens with zero attached hydrogens (tertiary/aromatic N) is 2. The van der Waals surface area contributed by atoms with Crippen LogP contribution < -0.4 is 5.32 Å². The molecule has 0 radical (unpaired) electrons. The highest BCUT2D eigenvalue weighted by Gasteiger charge is 2.62. The van der Waals surface area contributed by atoms with Gasteiger partial charge in [0.15, 0.2) is 0 Å². The number of carbonyl (C=O) groups is 2. The van der Waals surface area contributed by atoms with Gasteiger partial charge in [-0.3, -0.25) is 9.59 Å². The Morgan fingerprint density at radius 3 is 2.74 bits per heavy atom. The number of carbonyl (C=O) groups excluding carboxylic acids is 2. The van der Waals surface area contributed by atoms with E-state index < -0.39 is 15.6 Å². The quantitative estimate of drug-likeness (QED) is 0.343. The Kier molecular flexibility index (Phi) is 7.53. The van der Waals surface area contributed by atoms with E-state index in [9.17, 15) is 18.0 Å². The molecule has 1 heterocycles. The molecule has 1 unspecified atom stereocenters. The van der Waals surface area contributed by atoms with E-state index in [1.165, 1.54) is 0 Å². The standard InChI is InChI=1S/C25H34IN3O5S/c1-5-34-24(31)23-16-6-7-17(12-16)25(23,4)29(11-10-15(2)3)22(30)14-21-27-19-9-8-18(26)13-20(19)35(32,33)28-21/h8-9,13,15-17,23H,5-7,10-12,14H2,1-4H3,(H,27,28)/t16-,17+,23?,25-/m0/s1. The second-order valence-electron chi connectivity index (χ2n) is 10.4. The number of amidine groups is 1. The molecule has 0 aromatic heterocycles. The molecule has 4 rings (SSSR count). The zero-order chi connectivity index (χ0) is 25.5. The molecule has 2 aliphatic carbocycles. The Labute approximate surface area is 221 Å². The number of rotatable bonds is 8. The van der Waals surface area contributed by atoms with Gasteiger partial charge in [0, 0.05) is 10.1 Å². The molecule has 192 valence electrons. The van der Waals surface area contributed by atoms with Gasteiger partial charge in [-0.2, -0.15) is 8.42 Å². The van der Waals surface area contributed by atoms with Gasteiger partial charge < -0.3 is 15.0 Å². The Hall–Kier alpha value is -1.69. The Morgan fingerprint density at radius 1 is 1.31 bits per heavy atom. The number of nitrogens with one attached hydrogen (secondary N) is 1. The summed E-state index contributed by atoms with van der Waals surface area (Å²) in [6, 6.07) is 5.07. The van der Waals surface area contributed by atoms with Crippen LogP contribution in [0.2, 0.25) is 0 Å². The number of anilines is 1. The van der Waals surface area contributed by atoms with E-state index in [0.29, 0.717) is 24.8 Å². The molecule has 1 amide bonds. The van der Waals surface area contributed by atoms with Crippen molar-refractivity contribution in [2.45, 2.75) is 70.2 Å². The van der Waals surface area contributed by atoms with Crippen LogP contribution in [0.4, 0.5) is 5.69 Å². The molecule has 1 N–H and O–H groups in total. The van der Waals surface area contributed by atoms with Gasteiger partial charge in [0.2, 0.25) is 5.91 Å². The maximum atomic E-state index is 13.9. The van der Waals surface area contributed by atoms with Crippen molar-refractivity contribution in [1.82, 2.24) is 4.90 Å². The highest BCUT2D eigenvalue weighted by molar-refractivity contribution is 14.1. The van der Waals surface area contributed by atoms with E-state index in [1.807, 2.05) is 17.9 Å². The van der Waals surface area contributed by atoms with E-state index in [2.05, 4.69) is 46.2 Å². The van der Waals surface area contributed by atoms with E-state index in [0.717, 1.165) is 29.3 Å². The molecule has 3 aliphatic rings. The number of amides is 1. The highest BCUT2D eigenvalue weighted by Crippen LogP contribution is 2.57. The van der Waals surface area contributed by atoms with Gasteiger partial charge in [0.25, 0.3) is 10.0 Å². The van der Waals surface area contributed by atoms with Crippen LogP contribution in [0.25, 0.3) is 0 Å². The Balaban J connectivity index is 1.65. The van der Waals surface area contributed by atoms with Gasteiger partial charge in [0.1, 0.15) is 10.7 Å². The molecule has 2 bridgehead atoms. The molecule has 0 saturated heterocycles. The van der Waals surface area contributed by atoms with E-state index in [1.54, 1.807) is 19.1 Å². The summed E-state index contributed by atoms with van der Waals surface area (Å²) in [6.45, 7) is 8.84. The first-order valence-corrected chi connectivity index (χ1v) is 14.9. The van der Waals surface area contributed by atoms with E-state index >= 15 is 0 Å². The Morgan fingerprint density at radius 2 is 2.06 bits per heavy atom. The molecule has 8 nitrogen and oxygen atoms in total. The van der Waals surface area contributed by atoms with Crippen LogP contribution in [-0.4, -0.2) is 49.7 Å². The number of esters is 1. The molecule has 1 aromatic carbocycles. The maximum absolute atomic E-state index is 13.9. The smallest absolute Gasteiger partial charge is 0.311 e. The number of hydrogen-bond donors (Lipinski definition) is 1. The molecule has 1 aromatic rings. The minimum Gasteiger partial charge on any atom is -0.466 e. The summed E-state index contributed by atoms with van der Waals surface area (Å²) in [5.41, 5.74) is -0.240. The van der Waals surface area contributed by atoms with Crippen molar-refractivity contribution in [3.05, 3.63) is 21.8 Å². The molecule has 2 saturated carbocycles. The first kappa shape index (κ1) is 26.4. The molecular formula is C25H34IN3O5S. The zero-order valence-electron chi connectivity index (χ0n) is 20.7. The monoisotopic (exact) mass is 615 g/mol. The van der Waals surface area contributed by atoms with Gasteiger partial charge in [-0.1, -0.05) is 13.8 Å². The predicted molar refractivity (Wildman–Crippen MR) is 143 cm³/mol. The topological polar surface area (TPSA) is 105 Å². The summed E-state index contributed by atoms with van der Waals surface area (Å²) in [5, 5.41) is 3.05. The lowest BCUT2D eigenvalue weighted by atomic mass is 9.72. The lowest BCUT2D eigenvalue weighted by Crippen LogP contribution is -2.60. The van der Waals surface area contributed by atoms with Gasteiger partial charge in [-0.25, -0.2) is 0 Å². The van der Waals surface area contributed by atoms with Gasteiger partial charge in [0.05, 0.1) is 30.2 Å². The summed E-state index contributed by atoms with van der Waals surface area (Å²) in [6.07, 6.45) is 3.46. The van der Waals surface area contributed by atoms with Crippen LogP contribution in [0.5, 0.6) is 0 Å². The van der Waals surface area contributed by atoms with Gasteiger partial charge >= 0.3 is 5.97 Å². The summed E-state index contributed by atoms with van der Waals surface area (Å²) in [5.74, 6) is 0.0782. The van der Waals surface area contributed by atoms with Crippen molar-refractivity contribution in [1.29, 1.82) is 0 Å². The maximum Gasteiger partial charge on any atom is 0.311 e. The van der Waals surface area contributed by atoms with Crippen LogP contribution in [0.1, 0.15) is 59.8 Å². The van der Waals surface area contributed by atoms with Gasteiger partial charge in [-0.05, 0) is 98.1 Å². The number of benzene rings is 1. The molecule has 35 heavy (non-hydrogen) atoms. The molecule has 4 atom stereocenters. The van der Waals surface area contributed by atoms with Crippen molar-refractivity contribution in [2.24, 2.45) is 28.1 Å². The lowest BCUT2D eigenvalue weighted by Gasteiger charge is -2.48. The Bertz CT molecular complexity index is 1150. The second kappa shape index (κ2) is 9.99. The number of hydrogen-bond acceptors (Lipinski definition) is 6. The number of fused-ring (bicyclic) bond motifs is 3. The summed E-state index contributed by atoms with van der Waals surface area (Å²) < 4.78 is 35.8. The first-order valence-electron chi connectivity index (χ1n) is 12.3. The minimum atomic E-state index is -3.91.